The van der Waals surface area contributed by atoms with Gasteiger partial charge in [-0.1, -0.05) is 0 Å². The monoisotopic (exact) mass is 238 g/mol. The second-order valence-electron chi connectivity index (χ2n) is 4.10. The van der Waals surface area contributed by atoms with E-state index in [0.29, 0.717) is 5.56 Å². The minimum atomic E-state index is -0.700. The molecule has 0 unspecified atom stereocenters. The molecule has 17 heavy (non-hydrogen) atoms. The molecule has 6 heteroatoms. The van der Waals surface area contributed by atoms with Crippen molar-refractivity contribution >= 4 is 11.5 Å². The molecule has 0 aliphatic heterocycles. The standard InChI is InChI=1S/C11H14N2O4/c1-7-4-8(10(14)6-12(2)3)11(15)9(5-7)13(16)17/h4-5,15H,6H2,1-3H3. The van der Waals surface area contributed by atoms with Crippen molar-refractivity contribution in [1.29, 1.82) is 0 Å². The number of rotatable bonds is 4. The van der Waals surface area contributed by atoms with Gasteiger partial charge >= 0.3 is 5.69 Å². The Morgan fingerprint density at radius 3 is 2.53 bits per heavy atom. The summed E-state index contributed by atoms with van der Waals surface area (Å²) in [7, 11) is 3.41. The number of aryl methyl sites for hydroxylation is 1. The number of nitro groups is 1. The number of phenols is 1. The Balaban J connectivity index is 3.25. The molecule has 0 aromatic heterocycles. The lowest BCUT2D eigenvalue weighted by molar-refractivity contribution is -0.385. The van der Waals surface area contributed by atoms with Gasteiger partial charge in [0.1, 0.15) is 0 Å². The van der Waals surface area contributed by atoms with E-state index in [1.807, 2.05) is 0 Å². The van der Waals surface area contributed by atoms with Crippen LogP contribution in [0.5, 0.6) is 5.75 Å². The topological polar surface area (TPSA) is 83.7 Å². The number of nitro benzene ring substituents is 1. The summed E-state index contributed by atoms with van der Waals surface area (Å²) in [4.78, 5) is 23.4. The number of carbonyl (C=O) groups is 1. The van der Waals surface area contributed by atoms with Gasteiger partial charge in [-0.15, -0.1) is 0 Å². The van der Waals surface area contributed by atoms with Crippen LogP contribution in [-0.2, 0) is 0 Å². The normalized spacial score (nSPS) is 10.6. The van der Waals surface area contributed by atoms with Gasteiger partial charge in [-0.2, -0.15) is 0 Å². The molecule has 0 radical (unpaired) electrons. The Kier molecular flexibility index (Phi) is 3.80. The summed E-state index contributed by atoms with van der Waals surface area (Å²) >= 11 is 0. The number of Topliss-reactive ketones (excluding diaryl/α,β-unsaturated/α-hetero) is 1. The zero-order valence-corrected chi connectivity index (χ0v) is 9.93. The Morgan fingerprint density at radius 2 is 2.06 bits per heavy atom. The van der Waals surface area contributed by atoms with Crippen LogP contribution >= 0.6 is 0 Å². The average molecular weight is 238 g/mol. The summed E-state index contributed by atoms with van der Waals surface area (Å²) in [5.74, 6) is -0.910. The van der Waals surface area contributed by atoms with Gasteiger partial charge in [0, 0.05) is 6.07 Å². The minimum Gasteiger partial charge on any atom is -0.502 e. The maximum absolute atomic E-state index is 11.8. The summed E-state index contributed by atoms with van der Waals surface area (Å²) in [6.07, 6.45) is 0. The van der Waals surface area contributed by atoms with E-state index in [0.717, 1.165) is 0 Å². The quantitative estimate of drug-likeness (QED) is 0.486. The molecule has 1 aromatic rings. The first kappa shape index (κ1) is 13.1. The van der Waals surface area contributed by atoms with Crippen LogP contribution < -0.4 is 0 Å². The van der Waals surface area contributed by atoms with Crippen LogP contribution in [0.15, 0.2) is 12.1 Å². The largest absolute Gasteiger partial charge is 0.502 e. The first-order valence-electron chi connectivity index (χ1n) is 4.99. The molecule has 0 heterocycles. The second-order valence-corrected chi connectivity index (χ2v) is 4.10. The summed E-state index contributed by atoms with van der Waals surface area (Å²) < 4.78 is 0. The molecular formula is C11H14N2O4. The Morgan fingerprint density at radius 1 is 1.47 bits per heavy atom. The third-order valence-corrected chi connectivity index (χ3v) is 2.19. The molecule has 0 spiro atoms. The van der Waals surface area contributed by atoms with E-state index in [1.54, 1.807) is 25.9 Å². The molecule has 0 aliphatic carbocycles. The van der Waals surface area contributed by atoms with Gasteiger partial charge in [0.25, 0.3) is 0 Å². The van der Waals surface area contributed by atoms with E-state index in [4.69, 9.17) is 0 Å². The minimum absolute atomic E-state index is 0.00889. The number of aromatic hydroxyl groups is 1. The van der Waals surface area contributed by atoms with Crippen LogP contribution in [0.1, 0.15) is 15.9 Å². The lowest BCUT2D eigenvalue weighted by Crippen LogP contribution is -2.22. The van der Waals surface area contributed by atoms with Gasteiger partial charge in [-0.05, 0) is 32.6 Å². The first-order chi connectivity index (χ1) is 7.82. The maximum Gasteiger partial charge on any atom is 0.311 e. The molecule has 0 bridgehead atoms. The smallest absolute Gasteiger partial charge is 0.311 e. The van der Waals surface area contributed by atoms with E-state index >= 15 is 0 Å². The maximum atomic E-state index is 11.8. The Hall–Kier alpha value is -1.95. The molecule has 0 atom stereocenters. The van der Waals surface area contributed by atoms with Crippen molar-refractivity contribution in [2.24, 2.45) is 0 Å². The third kappa shape index (κ3) is 3.01. The molecule has 0 fully saturated rings. The molecule has 92 valence electrons. The number of benzene rings is 1. The molecule has 0 aliphatic rings. The van der Waals surface area contributed by atoms with E-state index < -0.39 is 16.4 Å². The molecule has 0 amide bonds. The third-order valence-electron chi connectivity index (χ3n) is 2.19. The highest BCUT2D eigenvalue weighted by molar-refractivity contribution is 6.01. The molecule has 6 nitrogen and oxygen atoms in total. The highest BCUT2D eigenvalue weighted by Gasteiger charge is 2.22. The lowest BCUT2D eigenvalue weighted by atomic mass is 10.0. The molecule has 0 saturated carbocycles. The molecule has 1 N–H and O–H groups in total. The summed E-state index contributed by atoms with van der Waals surface area (Å²) in [6.45, 7) is 1.73. The highest BCUT2D eigenvalue weighted by Crippen LogP contribution is 2.31. The zero-order valence-electron chi connectivity index (χ0n) is 9.93. The number of phenolic OH excluding ortho intramolecular Hbond substituents is 1. The average Bonchev–Trinajstić information content (AvgIpc) is 2.19. The van der Waals surface area contributed by atoms with Crippen molar-refractivity contribution in [1.82, 2.24) is 4.90 Å². The van der Waals surface area contributed by atoms with Crippen molar-refractivity contribution in [2.45, 2.75) is 6.92 Å². The highest BCUT2D eigenvalue weighted by atomic mass is 16.6. The fourth-order valence-electron chi connectivity index (χ4n) is 1.48. The first-order valence-corrected chi connectivity index (χ1v) is 4.99. The second kappa shape index (κ2) is 4.92. The van der Waals surface area contributed by atoms with Crippen LogP contribution in [-0.4, -0.2) is 41.4 Å². The van der Waals surface area contributed by atoms with Gasteiger partial charge in [-0.25, -0.2) is 0 Å². The SMILES string of the molecule is Cc1cc(C(=O)CN(C)C)c(O)c([N+](=O)[O-])c1. The molecule has 0 saturated heterocycles. The van der Waals surface area contributed by atoms with Crippen LogP contribution in [0.2, 0.25) is 0 Å². The van der Waals surface area contributed by atoms with Crippen molar-refractivity contribution in [3.63, 3.8) is 0 Å². The summed E-state index contributed by atoms with van der Waals surface area (Å²) in [6, 6.07) is 2.69. The van der Waals surface area contributed by atoms with Crippen molar-refractivity contribution in [3.8, 4) is 5.75 Å². The number of carbonyl (C=O) groups excluding carboxylic acids is 1. The summed E-state index contributed by atoms with van der Waals surface area (Å²) in [5.41, 5.74) is 0.120. The molecule has 1 rings (SSSR count). The van der Waals surface area contributed by atoms with Crippen molar-refractivity contribution < 1.29 is 14.8 Å². The lowest BCUT2D eigenvalue weighted by Gasteiger charge is -2.10. The van der Waals surface area contributed by atoms with Crippen LogP contribution in [0.3, 0.4) is 0 Å². The van der Waals surface area contributed by atoms with Gasteiger partial charge in [0.15, 0.2) is 5.78 Å². The van der Waals surface area contributed by atoms with E-state index in [-0.39, 0.29) is 17.9 Å². The number of likely N-dealkylation sites (N-methyl/N-ethyl adjacent to an activating group) is 1. The van der Waals surface area contributed by atoms with Crippen LogP contribution in [0.4, 0.5) is 5.69 Å². The predicted molar refractivity (Wildman–Crippen MR) is 62.4 cm³/mol. The van der Waals surface area contributed by atoms with Crippen molar-refractivity contribution in [3.05, 3.63) is 33.4 Å². The van der Waals surface area contributed by atoms with Gasteiger partial charge < -0.3 is 10.0 Å². The van der Waals surface area contributed by atoms with Crippen LogP contribution in [0.25, 0.3) is 0 Å². The van der Waals surface area contributed by atoms with E-state index in [2.05, 4.69) is 0 Å². The van der Waals surface area contributed by atoms with Gasteiger partial charge in [-0.3, -0.25) is 14.9 Å². The fraction of sp³-hybridized carbons (Fsp3) is 0.364. The van der Waals surface area contributed by atoms with Crippen molar-refractivity contribution in [2.75, 3.05) is 20.6 Å². The number of hydrogen-bond acceptors (Lipinski definition) is 5. The Labute approximate surface area is 98.6 Å². The van der Waals surface area contributed by atoms with E-state index in [9.17, 15) is 20.0 Å². The molecular weight excluding hydrogens is 224 g/mol. The fourth-order valence-corrected chi connectivity index (χ4v) is 1.48. The number of hydrogen-bond donors (Lipinski definition) is 1. The van der Waals surface area contributed by atoms with Gasteiger partial charge in [0.05, 0.1) is 17.0 Å². The zero-order chi connectivity index (χ0) is 13.2. The van der Waals surface area contributed by atoms with E-state index in [1.165, 1.54) is 12.1 Å². The molecule has 1 aromatic carbocycles. The number of nitrogens with zero attached hydrogens (tertiary/aromatic N) is 2. The van der Waals surface area contributed by atoms with Gasteiger partial charge in [0.2, 0.25) is 5.75 Å². The van der Waals surface area contributed by atoms with Crippen LogP contribution in [0, 0.1) is 17.0 Å². The number of ketones is 1. The summed E-state index contributed by atoms with van der Waals surface area (Å²) in [5, 5.41) is 20.4. The Bertz CT molecular complexity index is 469. The predicted octanol–water partition coefficient (Wildman–Crippen LogP) is 1.35.